The number of carbonyl (C=O) groups excluding carboxylic acids is 3. The second-order valence-electron chi connectivity index (χ2n) is 12.6. The Morgan fingerprint density at radius 1 is 1.16 bits per heavy atom. The number of nitrogens with zero attached hydrogens (tertiary/aromatic N) is 2. The van der Waals surface area contributed by atoms with Crippen molar-refractivity contribution in [3.8, 4) is 5.75 Å². The number of likely N-dealkylation sites (tertiary alicyclic amines) is 1. The molecule has 1 heterocycles. The van der Waals surface area contributed by atoms with Crippen LogP contribution in [0.4, 0.5) is 13.2 Å². The molecule has 15 heteroatoms. The fraction of sp³-hybridized carbons (Fsp3) is 0.552. The Kier molecular flexibility index (Phi) is 9.32. The van der Waals surface area contributed by atoms with Crippen LogP contribution >= 0.6 is 24.8 Å². The normalized spacial score (nSPS) is 28.2. The molecule has 1 saturated carbocycles. The Morgan fingerprint density at radius 2 is 1.77 bits per heavy atom. The third-order valence-electron chi connectivity index (χ3n) is 9.52. The Labute approximate surface area is 264 Å². The van der Waals surface area contributed by atoms with Gasteiger partial charge in [-0.1, -0.05) is 0 Å². The van der Waals surface area contributed by atoms with E-state index < -0.39 is 93.1 Å². The monoisotopic (exact) mass is 665 g/mol. The zero-order chi connectivity index (χ0) is 31.3. The number of hydrogen-bond acceptors (Lipinski definition) is 9. The molecular formula is C29H36Cl2F3N3O7. The largest absolute Gasteiger partial charge is 0.508 e. The number of aromatic hydroxyl groups is 1. The minimum absolute atomic E-state index is 0. The second-order valence-corrected chi connectivity index (χ2v) is 12.6. The number of alkyl halides is 3. The van der Waals surface area contributed by atoms with Gasteiger partial charge in [0.05, 0.1) is 17.2 Å². The van der Waals surface area contributed by atoms with Crippen molar-refractivity contribution in [3.63, 3.8) is 0 Å². The highest BCUT2D eigenvalue weighted by Gasteiger charge is 2.64. The van der Waals surface area contributed by atoms with Crippen LogP contribution in [0.25, 0.3) is 5.76 Å². The number of fused-ring (bicyclic) bond motifs is 3. The quantitative estimate of drug-likeness (QED) is 0.304. The standard InChI is InChI=1S/C29H34F3N3O7.2ClH/c1-27(2)6-5-7-35(27)11-13-10-16(36)18-14(20(13)29(30,31)32)8-12-9-15-21(34(3)4)23(38)19(26(33)41)25(40)28(15,42)24(39)17(12)22(18)37;;/h10,12,15,21,36-37,40,42H,5-9,11H2,1-4H3,(H2,33,41);2*1H/t12-,15-,21-,28-;;/m0../s1. The number of ketones is 2. The molecule has 1 aromatic carbocycles. The van der Waals surface area contributed by atoms with Crippen LogP contribution in [-0.2, 0) is 33.5 Å². The second kappa shape index (κ2) is 11.5. The van der Waals surface area contributed by atoms with Crippen LogP contribution in [0.2, 0.25) is 0 Å². The van der Waals surface area contributed by atoms with E-state index in [2.05, 4.69) is 0 Å². The molecule has 0 radical (unpaired) electrons. The minimum atomic E-state index is -4.88. The lowest BCUT2D eigenvalue weighted by molar-refractivity contribution is -0.153. The van der Waals surface area contributed by atoms with Crippen LogP contribution in [0.1, 0.15) is 55.4 Å². The molecule has 1 aliphatic heterocycles. The van der Waals surface area contributed by atoms with Crippen LogP contribution in [0.3, 0.4) is 0 Å². The number of aliphatic hydroxyl groups excluding tert-OH is 2. The lowest BCUT2D eigenvalue weighted by Gasteiger charge is -2.50. The van der Waals surface area contributed by atoms with Crippen molar-refractivity contribution in [2.45, 2.75) is 69.4 Å². The molecule has 2 fully saturated rings. The summed E-state index contributed by atoms with van der Waals surface area (Å²) in [7, 11) is 2.89. The summed E-state index contributed by atoms with van der Waals surface area (Å²) >= 11 is 0. The van der Waals surface area contributed by atoms with Gasteiger partial charge in [-0.15, -0.1) is 24.8 Å². The maximum atomic E-state index is 14.7. The number of aliphatic hydroxyl groups is 3. The average Bonchev–Trinajstić information content (AvgIpc) is 3.17. The number of phenols is 1. The number of carbonyl (C=O) groups is 3. The van der Waals surface area contributed by atoms with Crippen LogP contribution < -0.4 is 5.73 Å². The molecule has 4 atom stereocenters. The number of amides is 1. The third-order valence-corrected chi connectivity index (χ3v) is 9.52. The highest BCUT2D eigenvalue weighted by atomic mass is 35.5. The van der Waals surface area contributed by atoms with Crippen molar-refractivity contribution in [2.75, 3.05) is 20.6 Å². The summed E-state index contributed by atoms with van der Waals surface area (Å²) < 4.78 is 44.2. The van der Waals surface area contributed by atoms with Crippen LogP contribution in [0.5, 0.6) is 5.75 Å². The van der Waals surface area contributed by atoms with E-state index in [1.54, 1.807) is 0 Å². The molecule has 0 bridgehead atoms. The van der Waals surface area contributed by atoms with Gasteiger partial charge < -0.3 is 26.2 Å². The summed E-state index contributed by atoms with van der Waals surface area (Å²) in [6, 6.07) is -0.385. The number of phenolic OH excluding ortho intramolecular Hbond substituents is 1. The van der Waals surface area contributed by atoms with Crippen LogP contribution in [0, 0.1) is 11.8 Å². The number of Topliss-reactive ketones (excluding diaryl/α,β-unsaturated/α-hetero) is 2. The van der Waals surface area contributed by atoms with Gasteiger partial charge in [-0.2, -0.15) is 13.2 Å². The number of primary amides is 1. The number of nitrogens with two attached hydrogens (primary N) is 1. The maximum absolute atomic E-state index is 14.7. The van der Waals surface area contributed by atoms with Gasteiger partial charge in [0, 0.05) is 23.6 Å². The summed E-state index contributed by atoms with van der Waals surface area (Å²) in [5, 5.41) is 44.8. The van der Waals surface area contributed by atoms with Crippen molar-refractivity contribution in [3.05, 3.63) is 45.2 Å². The molecule has 5 rings (SSSR count). The van der Waals surface area contributed by atoms with Crippen LogP contribution in [-0.4, -0.2) is 85.5 Å². The predicted molar refractivity (Wildman–Crippen MR) is 157 cm³/mol. The minimum Gasteiger partial charge on any atom is -0.508 e. The van der Waals surface area contributed by atoms with Gasteiger partial charge in [0.2, 0.25) is 5.78 Å². The smallest absolute Gasteiger partial charge is 0.417 e. The van der Waals surface area contributed by atoms with Gasteiger partial charge in [-0.25, -0.2) is 0 Å². The van der Waals surface area contributed by atoms with Crippen molar-refractivity contribution in [1.29, 1.82) is 0 Å². The van der Waals surface area contributed by atoms with E-state index in [-0.39, 0.29) is 54.4 Å². The SMILES string of the molecule is CN(C)[C@@H]1C(=O)C(C(N)=O)=C(O)[C@@]2(O)C(=O)C3=C(O)c4c(O)cc(CN5CCCC5(C)C)c(C(F)(F)F)c4C[C@H]3C[C@@H]12.Cl.Cl. The molecule has 244 valence electrons. The summed E-state index contributed by atoms with van der Waals surface area (Å²) in [5.74, 6) is -8.97. The highest BCUT2D eigenvalue weighted by molar-refractivity contribution is 6.24. The van der Waals surface area contributed by atoms with E-state index >= 15 is 0 Å². The van der Waals surface area contributed by atoms with E-state index in [0.717, 1.165) is 18.9 Å². The third kappa shape index (κ3) is 5.06. The molecule has 4 aliphatic rings. The molecule has 10 nitrogen and oxygen atoms in total. The molecule has 3 aliphatic carbocycles. The molecule has 44 heavy (non-hydrogen) atoms. The molecule has 1 amide bonds. The zero-order valence-electron chi connectivity index (χ0n) is 24.5. The van der Waals surface area contributed by atoms with Crippen molar-refractivity contribution in [2.24, 2.45) is 17.6 Å². The van der Waals surface area contributed by atoms with E-state index in [4.69, 9.17) is 5.73 Å². The van der Waals surface area contributed by atoms with Gasteiger partial charge in [0.25, 0.3) is 5.91 Å². The van der Waals surface area contributed by atoms with Crippen molar-refractivity contribution >= 4 is 48.0 Å². The van der Waals surface area contributed by atoms with Crippen LogP contribution in [0.15, 0.2) is 23.0 Å². The highest BCUT2D eigenvalue weighted by Crippen LogP contribution is 2.54. The lowest BCUT2D eigenvalue weighted by Crippen LogP contribution is -2.65. The summed E-state index contributed by atoms with van der Waals surface area (Å²) in [5.41, 5.74) is -1.55. The lowest BCUT2D eigenvalue weighted by atomic mass is 9.57. The number of halogens is 5. The Balaban J connectivity index is 0.00000264. The average molecular weight is 667 g/mol. The van der Waals surface area contributed by atoms with Crippen molar-refractivity contribution < 1.29 is 48.0 Å². The first-order valence-electron chi connectivity index (χ1n) is 13.7. The zero-order valence-corrected chi connectivity index (χ0v) is 26.1. The summed E-state index contributed by atoms with van der Waals surface area (Å²) in [4.78, 5) is 42.4. The van der Waals surface area contributed by atoms with Gasteiger partial charge in [0.15, 0.2) is 11.4 Å². The topological polar surface area (TPSA) is 165 Å². The Morgan fingerprint density at radius 3 is 2.27 bits per heavy atom. The molecular weight excluding hydrogens is 630 g/mol. The van der Waals surface area contributed by atoms with Crippen molar-refractivity contribution in [1.82, 2.24) is 9.80 Å². The fourth-order valence-electron chi connectivity index (χ4n) is 7.52. The molecule has 0 unspecified atom stereocenters. The fourth-order valence-corrected chi connectivity index (χ4v) is 7.52. The van der Waals surface area contributed by atoms with E-state index in [0.29, 0.717) is 6.54 Å². The number of likely N-dealkylation sites (N-methyl/N-ethyl adjacent to an activating group) is 1. The first kappa shape index (κ1) is 35.6. The number of rotatable bonds is 4. The molecule has 6 N–H and O–H groups in total. The Bertz CT molecular complexity index is 1490. The first-order chi connectivity index (χ1) is 19.3. The summed E-state index contributed by atoms with van der Waals surface area (Å²) in [6.07, 6.45) is -4.02. The Hall–Kier alpha value is -2.84. The number of hydrogen-bond donors (Lipinski definition) is 5. The first-order valence-corrected chi connectivity index (χ1v) is 13.7. The molecule has 1 saturated heterocycles. The molecule has 1 aromatic rings. The van der Waals surface area contributed by atoms with E-state index in [1.807, 2.05) is 18.7 Å². The molecule has 0 spiro atoms. The van der Waals surface area contributed by atoms with E-state index in [9.17, 15) is 48.0 Å². The summed E-state index contributed by atoms with van der Waals surface area (Å²) in [6.45, 7) is 4.33. The van der Waals surface area contributed by atoms with Gasteiger partial charge in [-0.3, -0.25) is 24.2 Å². The predicted octanol–water partition coefficient (Wildman–Crippen LogP) is 3.20. The van der Waals surface area contributed by atoms with Gasteiger partial charge in [-0.05, 0) is 83.3 Å². The maximum Gasteiger partial charge on any atom is 0.417 e. The van der Waals surface area contributed by atoms with E-state index in [1.165, 1.54) is 19.0 Å². The van der Waals surface area contributed by atoms with Gasteiger partial charge in [0.1, 0.15) is 22.8 Å². The van der Waals surface area contributed by atoms with Gasteiger partial charge >= 0.3 is 6.18 Å². The number of benzene rings is 1. The molecule has 0 aromatic heterocycles.